The molecule has 0 amide bonds. The summed E-state index contributed by atoms with van der Waals surface area (Å²) in [4.78, 5) is 15.9. The Bertz CT molecular complexity index is 1110. The van der Waals surface area contributed by atoms with Crippen molar-refractivity contribution in [2.75, 3.05) is 0 Å². The molecular formula is C21H17NO4S. The van der Waals surface area contributed by atoms with Crippen molar-refractivity contribution in [2.24, 2.45) is 0 Å². The van der Waals surface area contributed by atoms with Crippen molar-refractivity contribution in [1.82, 2.24) is 4.98 Å². The average Bonchev–Trinajstić information content (AvgIpc) is 3.13. The summed E-state index contributed by atoms with van der Waals surface area (Å²) in [7, 11) is 0. The zero-order chi connectivity index (χ0) is 18.6. The van der Waals surface area contributed by atoms with E-state index in [1.807, 2.05) is 48.7 Å². The van der Waals surface area contributed by atoms with Gasteiger partial charge >= 0.3 is 5.63 Å². The molecule has 4 aromatic rings. The molecule has 27 heavy (non-hydrogen) atoms. The molecule has 4 rings (SSSR count). The standard InChI is InChI=1S/C21H17NO4S/c1-14-2-6-17(7-3-14)25-12-20-22-16(13-27-20)11-24-18-8-4-15-5-9-21(23)26-19(15)10-18/h2-10,13H,11-12H2,1H3. The molecule has 0 saturated heterocycles. The van der Waals surface area contributed by atoms with Crippen LogP contribution in [-0.2, 0) is 13.2 Å². The van der Waals surface area contributed by atoms with Gasteiger partial charge in [-0.3, -0.25) is 0 Å². The van der Waals surface area contributed by atoms with Crippen molar-refractivity contribution in [2.45, 2.75) is 20.1 Å². The van der Waals surface area contributed by atoms with Gasteiger partial charge in [-0.1, -0.05) is 17.7 Å². The number of fused-ring (bicyclic) bond motifs is 1. The van der Waals surface area contributed by atoms with Crippen LogP contribution in [0.15, 0.2) is 69.2 Å². The molecule has 0 aliphatic carbocycles. The minimum atomic E-state index is -0.377. The van der Waals surface area contributed by atoms with E-state index in [4.69, 9.17) is 13.9 Å². The maximum absolute atomic E-state index is 11.3. The van der Waals surface area contributed by atoms with Crippen molar-refractivity contribution >= 4 is 22.3 Å². The summed E-state index contributed by atoms with van der Waals surface area (Å²) in [6.45, 7) is 2.80. The van der Waals surface area contributed by atoms with Crippen molar-refractivity contribution in [3.63, 3.8) is 0 Å². The first-order valence-electron chi connectivity index (χ1n) is 8.45. The molecule has 0 fully saturated rings. The molecule has 0 saturated carbocycles. The maximum atomic E-state index is 11.3. The first-order valence-corrected chi connectivity index (χ1v) is 9.33. The number of rotatable bonds is 6. The van der Waals surface area contributed by atoms with E-state index in [9.17, 15) is 4.79 Å². The molecule has 0 unspecified atom stereocenters. The van der Waals surface area contributed by atoms with E-state index in [1.165, 1.54) is 23.0 Å². The summed E-state index contributed by atoms with van der Waals surface area (Å²) in [5, 5.41) is 3.69. The van der Waals surface area contributed by atoms with Crippen molar-refractivity contribution < 1.29 is 13.9 Å². The second-order valence-electron chi connectivity index (χ2n) is 6.08. The van der Waals surface area contributed by atoms with Crippen LogP contribution in [-0.4, -0.2) is 4.98 Å². The lowest BCUT2D eigenvalue weighted by molar-refractivity contribution is 0.294. The number of ether oxygens (including phenoxy) is 2. The predicted molar refractivity (Wildman–Crippen MR) is 104 cm³/mol. The topological polar surface area (TPSA) is 61.6 Å². The summed E-state index contributed by atoms with van der Waals surface area (Å²) in [6.07, 6.45) is 0. The SMILES string of the molecule is Cc1ccc(OCc2nc(COc3ccc4ccc(=O)oc4c3)cs2)cc1. The Morgan fingerprint density at radius 1 is 0.963 bits per heavy atom. The molecule has 0 aliphatic rings. The third kappa shape index (κ3) is 4.35. The van der Waals surface area contributed by atoms with Crippen molar-refractivity contribution in [3.05, 3.63) is 86.7 Å². The molecule has 0 spiro atoms. The van der Waals surface area contributed by atoms with Gasteiger partial charge in [0.05, 0.1) is 5.69 Å². The Balaban J connectivity index is 1.36. The fourth-order valence-electron chi connectivity index (χ4n) is 2.55. The van der Waals surface area contributed by atoms with E-state index >= 15 is 0 Å². The van der Waals surface area contributed by atoms with Gasteiger partial charge in [-0.15, -0.1) is 11.3 Å². The number of nitrogens with zero attached hydrogens (tertiary/aromatic N) is 1. The normalized spacial score (nSPS) is 10.9. The molecule has 0 atom stereocenters. The van der Waals surface area contributed by atoms with Gasteiger partial charge in [0.25, 0.3) is 0 Å². The van der Waals surface area contributed by atoms with Gasteiger partial charge in [0.2, 0.25) is 0 Å². The van der Waals surface area contributed by atoms with Gasteiger partial charge in [0.1, 0.15) is 35.3 Å². The summed E-state index contributed by atoms with van der Waals surface area (Å²) in [5.74, 6) is 1.45. The van der Waals surface area contributed by atoms with Crippen LogP contribution in [0, 0.1) is 6.92 Å². The maximum Gasteiger partial charge on any atom is 0.336 e. The van der Waals surface area contributed by atoms with Crippen LogP contribution in [0.4, 0.5) is 0 Å². The second-order valence-corrected chi connectivity index (χ2v) is 7.02. The Labute approximate surface area is 159 Å². The van der Waals surface area contributed by atoms with Crippen LogP contribution in [0.3, 0.4) is 0 Å². The van der Waals surface area contributed by atoms with Gasteiger partial charge in [0, 0.05) is 22.9 Å². The number of thiazole rings is 1. The van der Waals surface area contributed by atoms with E-state index in [2.05, 4.69) is 4.98 Å². The number of benzene rings is 2. The third-order valence-corrected chi connectivity index (χ3v) is 4.84. The largest absolute Gasteiger partial charge is 0.487 e. The number of aromatic nitrogens is 1. The second kappa shape index (κ2) is 7.63. The Morgan fingerprint density at radius 2 is 1.70 bits per heavy atom. The highest BCUT2D eigenvalue weighted by molar-refractivity contribution is 7.09. The first kappa shape index (κ1) is 17.3. The Hall–Kier alpha value is -3.12. The fraction of sp³-hybridized carbons (Fsp3) is 0.143. The molecule has 5 nitrogen and oxygen atoms in total. The highest BCUT2D eigenvalue weighted by atomic mass is 32.1. The van der Waals surface area contributed by atoms with E-state index in [0.717, 1.165) is 21.8 Å². The van der Waals surface area contributed by atoms with Crippen molar-refractivity contribution in [1.29, 1.82) is 0 Å². The number of aryl methyl sites for hydroxylation is 1. The smallest absolute Gasteiger partial charge is 0.336 e. The number of hydrogen-bond donors (Lipinski definition) is 0. The first-order chi connectivity index (χ1) is 13.2. The summed E-state index contributed by atoms with van der Waals surface area (Å²) >= 11 is 1.54. The highest BCUT2D eigenvalue weighted by Crippen LogP contribution is 2.21. The van der Waals surface area contributed by atoms with Gasteiger partial charge in [-0.2, -0.15) is 0 Å². The molecule has 2 aromatic heterocycles. The van der Waals surface area contributed by atoms with Gasteiger partial charge in [0.15, 0.2) is 0 Å². The molecule has 0 bridgehead atoms. The Morgan fingerprint density at radius 3 is 2.56 bits per heavy atom. The van der Waals surface area contributed by atoms with E-state index < -0.39 is 0 Å². The van der Waals surface area contributed by atoms with Gasteiger partial charge in [-0.25, -0.2) is 9.78 Å². The number of hydrogen-bond acceptors (Lipinski definition) is 6. The third-order valence-electron chi connectivity index (χ3n) is 3.96. The fourth-order valence-corrected chi connectivity index (χ4v) is 3.24. The molecule has 0 radical (unpaired) electrons. The summed E-state index contributed by atoms with van der Waals surface area (Å²) in [5.41, 5.74) is 2.16. The van der Waals surface area contributed by atoms with Crippen LogP contribution in [0.1, 0.15) is 16.3 Å². The molecule has 6 heteroatoms. The van der Waals surface area contributed by atoms with Crippen LogP contribution in [0.25, 0.3) is 11.0 Å². The van der Waals surface area contributed by atoms with Gasteiger partial charge < -0.3 is 13.9 Å². The monoisotopic (exact) mass is 379 g/mol. The highest BCUT2D eigenvalue weighted by Gasteiger charge is 2.06. The van der Waals surface area contributed by atoms with Crippen LogP contribution in [0.5, 0.6) is 11.5 Å². The summed E-state index contributed by atoms with van der Waals surface area (Å²) in [6, 6.07) is 16.5. The van der Waals surface area contributed by atoms with Crippen LogP contribution in [0.2, 0.25) is 0 Å². The Kier molecular flexibility index (Phi) is 4.89. The molecule has 2 aromatic carbocycles. The molecule has 136 valence electrons. The predicted octanol–water partition coefficient (Wildman–Crippen LogP) is 4.72. The molecular weight excluding hydrogens is 362 g/mol. The van der Waals surface area contributed by atoms with E-state index in [0.29, 0.717) is 24.5 Å². The zero-order valence-electron chi connectivity index (χ0n) is 14.7. The van der Waals surface area contributed by atoms with Gasteiger partial charge in [-0.05, 0) is 37.3 Å². The van der Waals surface area contributed by atoms with E-state index in [-0.39, 0.29) is 5.63 Å². The van der Waals surface area contributed by atoms with Crippen LogP contribution < -0.4 is 15.1 Å². The quantitative estimate of drug-likeness (QED) is 0.454. The molecule has 0 aliphatic heterocycles. The van der Waals surface area contributed by atoms with E-state index in [1.54, 1.807) is 12.1 Å². The van der Waals surface area contributed by atoms with Crippen LogP contribution >= 0.6 is 11.3 Å². The minimum Gasteiger partial charge on any atom is -0.487 e. The average molecular weight is 379 g/mol. The lowest BCUT2D eigenvalue weighted by Gasteiger charge is -2.05. The lowest BCUT2D eigenvalue weighted by Crippen LogP contribution is -1.99. The zero-order valence-corrected chi connectivity index (χ0v) is 15.5. The lowest BCUT2D eigenvalue weighted by atomic mass is 10.2. The minimum absolute atomic E-state index is 0.337. The molecule has 0 N–H and O–H groups in total. The summed E-state index contributed by atoms with van der Waals surface area (Å²) < 4.78 is 16.7. The van der Waals surface area contributed by atoms with Crippen molar-refractivity contribution in [3.8, 4) is 11.5 Å². The molecule has 2 heterocycles.